The Labute approximate surface area is 155 Å². The second-order valence-corrected chi connectivity index (χ2v) is 6.03. The molecule has 0 saturated carbocycles. The van der Waals surface area contributed by atoms with Gasteiger partial charge in [-0.2, -0.15) is 0 Å². The molecule has 0 bridgehead atoms. The summed E-state index contributed by atoms with van der Waals surface area (Å²) < 4.78 is 5.07. The normalized spacial score (nSPS) is 10.9. The standard InChI is InChI=1S/C20H18N4O3/c1-27-18-7-6-14(8-17(18)26)23-19-15-9-16(24-20(15)22-11-21-19)13-4-2-12(10-25)3-5-13/h2-9,11,25-26H,10H2,1H3,(H2,21,22,23,24). The zero-order chi connectivity index (χ0) is 18.8. The summed E-state index contributed by atoms with van der Waals surface area (Å²) in [6.07, 6.45) is 1.48. The van der Waals surface area contributed by atoms with Gasteiger partial charge in [-0.05, 0) is 29.3 Å². The molecule has 0 aliphatic rings. The zero-order valence-corrected chi connectivity index (χ0v) is 14.6. The van der Waals surface area contributed by atoms with Crippen LogP contribution in [-0.2, 0) is 6.61 Å². The maximum absolute atomic E-state index is 9.96. The number of aromatic amines is 1. The molecule has 4 N–H and O–H groups in total. The van der Waals surface area contributed by atoms with Crippen LogP contribution in [0.1, 0.15) is 5.56 Å². The summed E-state index contributed by atoms with van der Waals surface area (Å²) in [7, 11) is 1.50. The number of rotatable bonds is 5. The molecule has 27 heavy (non-hydrogen) atoms. The number of hydrogen-bond donors (Lipinski definition) is 4. The molecule has 0 radical (unpaired) electrons. The van der Waals surface area contributed by atoms with E-state index in [1.165, 1.54) is 13.4 Å². The van der Waals surface area contributed by atoms with Crippen LogP contribution in [0.15, 0.2) is 54.9 Å². The maximum Gasteiger partial charge on any atom is 0.160 e. The first-order valence-corrected chi connectivity index (χ1v) is 8.36. The van der Waals surface area contributed by atoms with Crippen molar-refractivity contribution in [3.05, 3.63) is 60.4 Å². The molecule has 0 aliphatic carbocycles. The Kier molecular flexibility index (Phi) is 4.35. The molecule has 7 heteroatoms. The van der Waals surface area contributed by atoms with E-state index < -0.39 is 0 Å². The number of methoxy groups -OCH3 is 1. The molecular formula is C20H18N4O3. The minimum atomic E-state index is 0.0151. The second kappa shape index (κ2) is 6.97. The largest absolute Gasteiger partial charge is 0.504 e. The minimum Gasteiger partial charge on any atom is -0.504 e. The number of phenols is 1. The van der Waals surface area contributed by atoms with Crippen LogP contribution in [0.4, 0.5) is 11.5 Å². The second-order valence-electron chi connectivity index (χ2n) is 6.03. The average molecular weight is 362 g/mol. The van der Waals surface area contributed by atoms with Gasteiger partial charge in [0.05, 0.1) is 19.1 Å². The SMILES string of the molecule is COc1ccc(Nc2ncnc3[nH]c(-c4ccc(CO)cc4)cc23)cc1O. The molecule has 0 aliphatic heterocycles. The monoisotopic (exact) mass is 362 g/mol. The van der Waals surface area contributed by atoms with Gasteiger partial charge in [0.1, 0.15) is 17.8 Å². The van der Waals surface area contributed by atoms with Crippen molar-refractivity contribution < 1.29 is 14.9 Å². The molecule has 2 aromatic heterocycles. The fourth-order valence-corrected chi connectivity index (χ4v) is 2.89. The number of benzene rings is 2. The van der Waals surface area contributed by atoms with E-state index in [9.17, 15) is 10.2 Å². The summed E-state index contributed by atoms with van der Waals surface area (Å²) in [5.74, 6) is 1.08. The van der Waals surface area contributed by atoms with E-state index in [0.29, 0.717) is 22.9 Å². The highest BCUT2D eigenvalue weighted by atomic mass is 16.5. The Morgan fingerprint density at radius 2 is 1.89 bits per heavy atom. The molecule has 2 aromatic carbocycles. The van der Waals surface area contributed by atoms with Crippen molar-refractivity contribution >= 4 is 22.5 Å². The van der Waals surface area contributed by atoms with Crippen LogP contribution in [0.3, 0.4) is 0 Å². The Morgan fingerprint density at radius 3 is 2.59 bits per heavy atom. The van der Waals surface area contributed by atoms with Crippen LogP contribution in [0.5, 0.6) is 11.5 Å². The molecule has 0 spiro atoms. The van der Waals surface area contributed by atoms with E-state index in [4.69, 9.17) is 4.74 Å². The third kappa shape index (κ3) is 3.28. The lowest BCUT2D eigenvalue weighted by atomic mass is 10.1. The van der Waals surface area contributed by atoms with Gasteiger partial charge in [0, 0.05) is 17.4 Å². The third-order valence-corrected chi connectivity index (χ3v) is 4.31. The first kappa shape index (κ1) is 16.9. The molecule has 0 fully saturated rings. The van der Waals surface area contributed by atoms with E-state index in [1.807, 2.05) is 30.3 Å². The van der Waals surface area contributed by atoms with Crippen LogP contribution < -0.4 is 10.1 Å². The number of hydrogen-bond acceptors (Lipinski definition) is 6. The average Bonchev–Trinajstić information content (AvgIpc) is 3.14. The molecule has 0 amide bonds. The number of aromatic nitrogens is 3. The number of nitrogens with zero attached hydrogens (tertiary/aromatic N) is 2. The Hall–Kier alpha value is -3.58. The maximum atomic E-state index is 9.96. The zero-order valence-electron chi connectivity index (χ0n) is 14.6. The van der Waals surface area contributed by atoms with Gasteiger partial charge in [-0.3, -0.25) is 0 Å². The number of aliphatic hydroxyl groups excluding tert-OH is 1. The predicted octanol–water partition coefficient (Wildman–Crippen LogP) is 3.58. The van der Waals surface area contributed by atoms with Crippen LogP contribution in [-0.4, -0.2) is 32.3 Å². The fourth-order valence-electron chi connectivity index (χ4n) is 2.89. The van der Waals surface area contributed by atoms with E-state index in [1.54, 1.807) is 18.2 Å². The first-order chi connectivity index (χ1) is 13.2. The topological polar surface area (TPSA) is 103 Å². The molecule has 0 saturated heterocycles. The van der Waals surface area contributed by atoms with Gasteiger partial charge < -0.3 is 25.3 Å². The summed E-state index contributed by atoms with van der Waals surface area (Å²) >= 11 is 0. The van der Waals surface area contributed by atoms with Gasteiger partial charge in [0.2, 0.25) is 0 Å². The minimum absolute atomic E-state index is 0.0151. The van der Waals surface area contributed by atoms with Gasteiger partial charge in [-0.1, -0.05) is 24.3 Å². The quantitative estimate of drug-likeness (QED) is 0.433. The van der Waals surface area contributed by atoms with E-state index in [0.717, 1.165) is 22.2 Å². The van der Waals surface area contributed by atoms with Gasteiger partial charge in [-0.15, -0.1) is 0 Å². The molecule has 4 aromatic rings. The van der Waals surface area contributed by atoms with Crippen LogP contribution in [0, 0.1) is 0 Å². The van der Waals surface area contributed by atoms with Gasteiger partial charge in [0.15, 0.2) is 11.5 Å². The van der Waals surface area contributed by atoms with Gasteiger partial charge >= 0.3 is 0 Å². The van der Waals surface area contributed by atoms with Crippen molar-refractivity contribution in [2.24, 2.45) is 0 Å². The number of nitrogens with one attached hydrogen (secondary N) is 2. The highest BCUT2D eigenvalue weighted by Crippen LogP contribution is 2.32. The van der Waals surface area contributed by atoms with Crippen molar-refractivity contribution in [1.29, 1.82) is 0 Å². The van der Waals surface area contributed by atoms with Crippen LogP contribution in [0.25, 0.3) is 22.3 Å². The Bertz CT molecular complexity index is 1090. The number of aromatic hydroxyl groups is 1. The summed E-state index contributed by atoms with van der Waals surface area (Å²) in [4.78, 5) is 11.9. The van der Waals surface area contributed by atoms with Crippen LogP contribution in [0.2, 0.25) is 0 Å². The molecule has 0 atom stereocenters. The van der Waals surface area contributed by atoms with Crippen molar-refractivity contribution in [2.75, 3.05) is 12.4 Å². The highest BCUT2D eigenvalue weighted by Gasteiger charge is 2.11. The lowest BCUT2D eigenvalue weighted by Gasteiger charge is -2.08. The molecule has 0 unspecified atom stereocenters. The summed E-state index contributed by atoms with van der Waals surface area (Å²) in [6, 6.07) is 14.7. The lowest BCUT2D eigenvalue weighted by molar-refractivity contribution is 0.282. The molecular weight excluding hydrogens is 344 g/mol. The Balaban J connectivity index is 1.69. The molecule has 2 heterocycles. The van der Waals surface area contributed by atoms with Gasteiger partial charge in [0.25, 0.3) is 0 Å². The number of H-pyrrole nitrogens is 1. The van der Waals surface area contributed by atoms with Crippen molar-refractivity contribution in [1.82, 2.24) is 15.0 Å². The number of aliphatic hydroxyl groups is 1. The summed E-state index contributed by atoms with van der Waals surface area (Å²) in [6.45, 7) is 0.0151. The van der Waals surface area contributed by atoms with E-state index in [-0.39, 0.29) is 12.4 Å². The number of anilines is 2. The Morgan fingerprint density at radius 1 is 1.07 bits per heavy atom. The van der Waals surface area contributed by atoms with E-state index >= 15 is 0 Å². The molecule has 136 valence electrons. The molecule has 4 rings (SSSR count). The third-order valence-electron chi connectivity index (χ3n) is 4.31. The first-order valence-electron chi connectivity index (χ1n) is 8.36. The van der Waals surface area contributed by atoms with Crippen molar-refractivity contribution in [3.63, 3.8) is 0 Å². The summed E-state index contributed by atoms with van der Waals surface area (Å²) in [5.41, 5.74) is 4.12. The van der Waals surface area contributed by atoms with E-state index in [2.05, 4.69) is 20.3 Å². The number of ether oxygens (including phenoxy) is 1. The number of fused-ring (bicyclic) bond motifs is 1. The van der Waals surface area contributed by atoms with Crippen molar-refractivity contribution in [3.8, 4) is 22.8 Å². The lowest BCUT2D eigenvalue weighted by Crippen LogP contribution is -1.95. The fraction of sp³-hybridized carbons (Fsp3) is 0.100. The van der Waals surface area contributed by atoms with Gasteiger partial charge in [-0.25, -0.2) is 9.97 Å². The van der Waals surface area contributed by atoms with Crippen molar-refractivity contribution in [2.45, 2.75) is 6.61 Å². The smallest absolute Gasteiger partial charge is 0.160 e. The highest BCUT2D eigenvalue weighted by molar-refractivity contribution is 5.93. The number of phenolic OH excluding ortho intramolecular Hbond substituents is 1. The van der Waals surface area contributed by atoms with Crippen LogP contribution >= 0.6 is 0 Å². The molecule has 7 nitrogen and oxygen atoms in total. The predicted molar refractivity (Wildman–Crippen MR) is 103 cm³/mol. The summed E-state index contributed by atoms with van der Waals surface area (Å²) in [5, 5.41) is 23.2.